The van der Waals surface area contributed by atoms with E-state index in [0.29, 0.717) is 16.9 Å². The molecular formula is C8H9N2O2-. The van der Waals surface area contributed by atoms with Crippen LogP contribution in [-0.4, -0.2) is 5.97 Å². The van der Waals surface area contributed by atoms with Crippen molar-refractivity contribution in [1.29, 1.82) is 0 Å². The number of carbonyl (C=O) groups is 1. The highest BCUT2D eigenvalue weighted by Gasteiger charge is 2.03. The molecule has 0 aliphatic heterocycles. The Morgan fingerprint density at radius 3 is 2.50 bits per heavy atom. The lowest BCUT2D eigenvalue weighted by molar-refractivity contribution is -0.255. The fourth-order valence-corrected chi connectivity index (χ4v) is 0.972. The third-order valence-corrected chi connectivity index (χ3v) is 1.69. The molecule has 0 aliphatic rings. The third-order valence-electron chi connectivity index (χ3n) is 1.69. The van der Waals surface area contributed by atoms with Gasteiger partial charge >= 0.3 is 0 Å². The number of benzene rings is 1. The van der Waals surface area contributed by atoms with Crippen molar-refractivity contribution in [2.75, 3.05) is 11.5 Å². The average molecular weight is 165 g/mol. The first-order chi connectivity index (χ1) is 5.52. The van der Waals surface area contributed by atoms with Gasteiger partial charge in [-0.25, -0.2) is 0 Å². The number of anilines is 2. The minimum atomic E-state index is -1.26. The van der Waals surface area contributed by atoms with Crippen LogP contribution in [0.3, 0.4) is 0 Å². The van der Waals surface area contributed by atoms with Crippen molar-refractivity contribution < 1.29 is 9.90 Å². The van der Waals surface area contributed by atoms with Gasteiger partial charge in [-0.05, 0) is 24.6 Å². The van der Waals surface area contributed by atoms with Gasteiger partial charge in [0.2, 0.25) is 0 Å². The number of hydrogen-bond donors (Lipinski definition) is 2. The van der Waals surface area contributed by atoms with E-state index in [1.54, 1.807) is 6.92 Å². The van der Waals surface area contributed by atoms with E-state index < -0.39 is 5.97 Å². The normalized spacial score (nSPS) is 9.75. The largest absolute Gasteiger partial charge is 0.545 e. The standard InChI is InChI=1S/C8H10N2O2/c1-4-6(8(11)12)2-5(9)3-7(4)10/h2-3H,9-10H2,1H3,(H,11,12)/p-1. The molecule has 1 aromatic carbocycles. The van der Waals surface area contributed by atoms with Gasteiger partial charge in [0.15, 0.2) is 0 Å². The summed E-state index contributed by atoms with van der Waals surface area (Å²) < 4.78 is 0. The monoisotopic (exact) mass is 165 g/mol. The van der Waals surface area contributed by atoms with Crippen LogP contribution in [0.1, 0.15) is 15.9 Å². The van der Waals surface area contributed by atoms with E-state index in [1.165, 1.54) is 12.1 Å². The number of carboxylic acids is 1. The first-order valence-corrected chi connectivity index (χ1v) is 3.39. The van der Waals surface area contributed by atoms with Crippen LogP contribution in [0.4, 0.5) is 11.4 Å². The molecule has 4 nitrogen and oxygen atoms in total. The van der Waals surface area contributed by atoms with Crippen LogP contribution >= 0.6 is 0 Å². The minimum absolute atomic E-state index is 0.0486. The number of nitrogen functional groups attached to an aromatic ring is 2. The second kappa shape index (κ2) is 2.73. The molecule has 0 heterocycles. The highest BCUT2D eigenvalue weighted by atomic mass is 16.4. The van der Waals surface area contributed by atoms with E-state index in [0.717, 1.165) is 0 Å². The molecule has 1 aromatic rings. The number of rotatable bonds is 1. The molecule has 0 spiro atoms. The molecule has 64 valence electrons. The van der Waals surface area contributed by atoms with Crippen molar-refractivity contribution in [2.24, 2.45) is 0 Å². The van der Waals surface area contributed by atoms with E-state index >= 15 is 0 Å². The molecule has 1 rings (SSSR count). The van der Waals surface area contributed by atoms with Crippen molar-refractivity contribution >= 4 is 17.3 Å². The molecule has 0 saturated heterocycles. The quantitative estimate of drug-likeness (QED) is 0.550. The number of nitrogens with two attached hydrogens (primary N) is 2. The molecule has 4 heteroatoms. The Hall–Kier alpha value is -1.71. The molecule has 0 unspecified atom stereocenters. The minimum Gasteiger partial charge on any atom is -0.545 e. The Morgan fingerprint density at radius 1 is 1.42 bits per heavy atom. The molecule has 0 amide bonds. The van der Waals surface area contributed by atoms with E-state index in [2.05, 4.69) is 0 Å². The highest BCUT2D eigenvalue weighted by molar-refractivity contribution is 5.91. The Kier molecular flexibility index (Phi) is 1.91. The van der Waals surface area contributed by atoms with Crippen LogP contribution < -0.4 is 16.6 Å². The van der Waals surface area contributed by atoms with Crippen molar-refractivity contribution in [3.8, 4) is 0 Å². The lowest BCUT2D eigenvalue weighted by Gasteiger charge is -2.10. The second-order valence-corrected chi connectivity index (χ2v) is 2.57. The maximum Gasteiger partial charge on any atom is 0.0719 e. The summed E-state index contributed by atoms with van der Waals surface area (Å²) in [5.74, 6) is -1.26. The van der Waals surface area contributed by atoms with Crippen LogP contribution in [0.25, 0.3) is 0 Å². The van der Waals surface area contributed by atoms with Gasteiger partial charge < -0.3 is 21.4 Å². The van der Waals surface area contributed by atoms with Gasteiger partial charge in [-0.15, -0.1) is 0 Å². The molecule has 4 N–H and O–H groups in total. The van der Waals surface area contributed by atoms with Crippen LogP contribution in [0.5, 0.6) is 0 Å². The highest BCUT2D eigenvalue weighted by Crippen LogP contribution is 2.19. The number of carbonyl (C=O) groups excluding carboxylic acids is 1. The number of hydrogen-bond acceptors (Lipinski definition) is 4. The summed E-state index contributed by atoms with van der Waals surface area (Å²) in [6, 6.07) is 2.85. The van der Waals surface area contributed by atoms with Gasteiger partial charge in [0.1, 0.15) is 0 Å². The Morgan fingerprint density at radius 2 is 2.00 bits per heavy atom. The fraction of sp³-hybridized carbons (Fsp3) is 0.125. The van der Waals surface area contributed by atoms with Crippen molar-refractivity contribution in [3.05, 3.63) is 23.3 Å². The smallest absolute Gasteiger partial charge is 0.0719 e. The lowest BCUT2D eigenvalue weighted by Crippen LogP contribution is -2.23. The fourth-order valence-electron chi connectivity index (χ4n) is 0.972. The number of aromatic carboxylic acids is 1. The van der Waals surface area contributed by atoms with Crippen LogP contribution in [0, 0.1) is 6.92 Å². The van der Waals surface area contributed by atoms with Crippen molar-refractivity contribution in [3.63, 3.8) is 0 Å². The van der Waals surface area contributed by atoms with Gasteiger partial charge in [-0.1, -0.05) is 0 Å². The zero-order chi connectivity index (χ0) is 9.30. The molecule has 0 bridgehead atoms. The van der Waals surface area contributed by atoms with Gasteiger partial charge in [0, 0.05) is 16.9 Å². The lowest BCUT2D eigenvalue weighted by atomic mass is 10.1. The molecule has 0 atom stereocenters. The first-order valence-electron chi connectivity index (χ1n) is 3.39. The maximum absolute atomic E-state index is 10.5. The third kappa shape index (κ3) is 1.32. The van der Waals surface area contributed by atoms with E-state index in [9.17, 15) is 9.90 Å². The second-order valence-electron chi connectivity index (χ2n) is 2.57. The van der Waals surface area contributed by atoms with Crippen molar-refractivity contribution in [1.82, 2.24) is 0 Å². The Bertz CT molecular complexity index is 334. The summed E-state index contributed by atoms with van der Waals surface area (Å²) in [6.45, 7) is 1.61. The van der Waals surface area contributed by atoms with Gasteiger partial charge in [0.25, 0.3) is 0 Å². The molecule has 0 aromatic heterocycles. The van der Waals surface area contributed by atoms with Gasteiger partial charge in [-0.2, -0.15) is 0 Å². The zero-order valence-electron chi connectivity index (χ0n) is 6.63. The van der Waals surface area contributed by atoms with E-state index in [4.69, 9.17) is 11.5 Å². The molecule has 0 fully saturated rings. The predicted octanol–water partition coefficient (Wildman–Crippen LogP) is -0.477. The average Bonchev–Trinajstić information content (AvgIpc) is 1.96. The molecule has 12 heavy (non-hydrogen) atoms. The zero-order valence-corrected chi connectivity index (χ0v) is 6.63. The molecule has 0 radical (unpaired) electrons. The predicted molar refractivity (Wildman–Crippen MR) is 44.3 cm³/mol. The molecule has 0 saturated carbocycles. The topological polar surface area (TPSA) is 92.2 Å². The summed E-state index contributed by atoms with van der Waals surface area (Å²) in [7, 11) is 0. The number of carboxylic acid groups (broad SMARTS) is 1. The van der Waals surface area contributed by atoms with E-state index in [1.807, 2.05) is 0 Å². The van der Waals surface area contributed by atoms with Crippen LogP contribution in [-0.2, 0) is 0 Å². The van der Waals surface area contributed by atoms with Crippen LogP contribution in [0.15, 0.2) is 12.1 Å². The SMILES string of the molecule is Cc1c(N)cc(N)cc1C(=O)[O-]. The molecule has 0 aliphatic carbocycles. The maximum atomic E-state index is 10.5. The van der Waals surface area contributed by atoms with Crippen LogP contribution in [0.2, 0.25) is 0 Å². The summed E-state index contributed by atoms with van der Waals surface area (Å²) >= 11 is 0. The molecular weight excluding hydrogens is 156 g/mol. The summed E-state index contributed by atoms with van der Waals surface area (Å²) in [5.41, 5.74) is 12.1. The van der Waals surface area contributed by atoms with Gasteiger partial charge in [0.05, 0.1) is 5.97 Å². The van der Waals surface area contributed by atoms with Gasteiger partial charge in [-0.3, -0.25) is 0 Å². The van der Waals surface area contributed by atoms with Crippen molar-refractivity contribution in [2.45, 2.75) is 6.92 Å². The summed E-state index contributed by atoms with van der Waals surface area (Å²) in [4.78, 5) is 10.5. The summed E-state index contributed by atoms with van der Waals surface area (Å²) in [5, 5.41) is 10.5. The van der Waals surface area contributed by atoms with E-state index in [-0.39, 0.29) is 5.56 Å². The Balaban J connectivity index is 3.37. The Labute approximate surface area is 69.8 Å². The summed E-state index contributed by atoms with van der Waals surface area (Å²) in [6.07, 6.45) is 0. The first kappa shape index (κ1) is 8.39.